The van der Waals surface area contributed by atoms with Crippen LogP contribution in [0.5, 0.6) is 0 Å². The van der Waals surface area contributed by atoms with Gasteiger partial charge in [0.05, 0.1) is 0 Å². The lowest BCUT2D eigenvalue weighted by molar-refractivity contribution is 0.249. The maximum absolute atomic E-state index is 3.43. The first-order valence-electron chi connectivity index (χ1n) is 7.38. The maximum atomic E-state index is 3.43. The standard InChI is InChI=1S/C18H22N2/c1-20(18-11-12-19-13-18)14-15-7-9-17(10-8-15)16-5-3-2-4-6-16/h2-10,18-19H,11-14H2,1H3. The molecule has 0 bridgehead atoms. The lowest BCUT2D eigenvalue weighted by Crippen LogP contribution is -2.32. The maximum Gasteiger partial charge on any atom is 0.0234 e. The van der Waals surface area contributed by atoms with Crippen LogP contribution in [-0.2, 0) is 6.54 Å². The fourth-order valence-electron chi connectivity index (χ4n) is 2.87. The van der Waals surface area contributed by atoms with E-state index in [0.29, 0.717) is 6.04 Å². The van der Waals surface area contributed by atoms with Crippen molar-refractivity contribution in [1.29, 1.82) is 0 Å². The summed E-state index contributed by atoms with van der Waals surface area (Å²) in [6.45, 7) is 3.31. The van der Waals surface area contributed by atoms with Crippen LogP contribution < -0.4 is 5.32 Å². The van der Waals surface area contributed by atoms with Crippen LogP contribution in [0.25, 0.3) is 11.1 Å². The van der Waals surface area contributed by atoms with Crippen molar-refractivity contribution in [3.05, 3.63) is 60.2 Å². The van der Waals surface area contributed by atoms with Crippen LogP contribution in [-0.4, -0.2) is 31.1 Å². The predicted octanol–water partition coefficient (Wildman–Crippen LogP) is 3.15. The van der Waals surface area contributed by atoms with Gasteiger partial charge >= 0.3 is 0 Å². The zero-order valence-corrected chi connectivity index (χ0v) is 12.0. The SMILES string of the molecule is CN(Cc1ccc(-c2ccccc2)cc1)C1CCNC1. The van der Waals surface area contributed by atoms with Crippen LogP contribution in [0.1, 0.15) is 12.0 Å². The first-order chi connectivity index (χ1) is 9.83. The second-order valence-corrected chi connectivity index (χ2v) is 5.62. The van der Waals surface area contributed by atoms with E-state index in [-0.39, 0.29) is 0 Å². The van der Waals surface area contributed by atoms with Crippen LogP contribution in [0.3, 0.4) is 0 Å². The van der Waals surface area contributed by atoms with Gasteiger partial charge in [-0.2, -0.15) is 0 Å². The van der Waals surface area contributed by atoms with E-state index in [1.807, 2.05) is 0 Å². The van der Waals surface area contributed by atoms with Gasteiger partial charge in [-0.25, -0.2) is 0 Å². The molecule has 0 aromatic heterocycles. The highest BCUT2D eigenvalue weighted by Gasteiger charge is 2.18. The monoisotopic (exact) mass is 266 g/mol. The predicted molar refractivity (Wildman–Crippen MR) is 84.6 cm³/mol. The molecule has 2 aromatic rings. The van der Waals surface area contributed by atoms with Crippen LogP contribution in [0, 0.1) is 0 Å². The molecule has 1 aliphatic heterocycles. The summed E-state index contributed by atoms with van der Waals surface area (Å²) < 4.78 is 0. The molecule has 104 valence electrons. The van der Waals surface area contributed by atoms with Gasteiger partial charge in [0, 0.05) is 19.1 Å². The molecule has 0 saturated carbocycles. The number of benzene rings is 2. The minimum Gasteiger partial charge on any atom is -0.315 e. The molecular weight excluding hydrogens is 244 g/mol. The molecule has 1 fully saturated rings. The Bertz CT molecular complexity index is 527. The van der Waals surface area contributed by atoms with Crippen molar-refractivity contribution in [2.24, 2.45) is 0 Å². The fraction of sp³-hybridized carbons (Fsp3) is 0.333. The molecule has 3 rings (SSSR count). The molecular formula is C18H22N2. The summed E-state index contributed by atoms with van der Waals surface area (Å²) in [4.78, 5) is 2.46. The molecule has 1 unspecified atom stereocenters. The summed E-state index contributed by atoms with van der Waals surface area (Å²) in [5.74, 6) is 0. The summed E-state index contributed by atoms with van der Waals surface area (Å²) >= 11 is 0. The molecule has 1 N–H and O–H groups in total. The van der Waals surface area contributed by atoms with Crippen molar-refractivity contribution in [2.45, 2.75) is 19.0 Å². The first-order valence-corrected chi connectivity index (χ1v) is 7.38. The van der Waals surface area contributed by atoms with Crippen LogP contribution in [0.15, 0.2) is 54.6 Å². The second-order valence-electron chi connectivity index (χ2n) is 5.62. The topological polar surface area (TPSA) is 15.3 Å². The molecule has 2 aromatic carbocycles. The molecule has 2 nitrogen and oxygen atoms in total. The van der Waals surface area contributed by atoms with Gasteiger partial charge in [-0.1, -0.05) is 54.6 Å². The van der Waals surface area contributed by atoms with Crippen molar-refractivity contribution >= 4 is 0 Å². The Balaban J connectivity index is 1.67. The number of hydrogen-bond donors (Lipinski definition) is 1. The van der Waals surface area contributed by atoms with Crippen molar-refractivity contribution < 1.29 is 0 Å². The Labute approximate surface area is 121 Å². The van der Waals surface area contributed by atoms with Crippen LogP contribution >= 0.6 is 0 Å². The molecule has 0 radical (unpaired) electrons. The molecule has 20 heavy (non-hydrogen) atoms. The van der Waals surface area contributed by atoms with E-state index in [0.717, 1.165) is 19.6 Å². The number of rotatable bonds is 4. The van der Waals surface area contributed by atoms with Gasteiger partial charge in [0.2, 0.25) is 0 Å². The van der Waals surface area contributed by atoms with E-state index < -0.39 is 0 Å². The summed E-state index contributed by atoms with van der Waals surface area (Å²) in [5.41, 5.74) is 3.96. The van der Waals surface area contributed by atoms with Gasteiger partial charge in [-0.05, 0) is 36.7 Å². The Hall–Kier alpha value is -1.64. The Morgan fingerprint density at radius 3 is 2.35 bits per heavy atom. The highest BCUT2D eigenvalue weighted by atomic mass is 15.2. The Kier molecular flexibility index (Phi) is 4.14. The largest absolute Gasteiger partial charge is 0.315 e. The average Bonchev–Trinajstić information content (AvgIpc) is 3.03. The first kappa shape index (κ1) is 13.3. The third-order valence-corrected chi connectivity index (χ3v) is 4.15. The summed E-state index contributed by atoms with van der Waals surface area (Å²) in [7, 11) is 2.22. The van der Waals surface area contributed by atoms with E-state index in [1.165, 1.54) is 23.1 Å². The quantitative estimate of drug-likeness (QED) is 0.914. The van der Waals surface area contributed by atoms with Crippen molar-refractivity contribution in [3.8, 4) is 11.1 Å². The van der Waals surface area contributed by atoms with Crippen LogP contribution in [0.2, 0.25) is 0 Å². The molecule has 1 atom stereocenters. The molecule has 0 spiro atoms. The number of likely N-dealkylation sites (N-methyl/N-ethyl adjacent to an activating group) is 1. The second kappa shape index (κ2) is 6.21. The van der Waals surface area contributed by atoms with Gasteiger partial charge < -0.3 is 5.32 Å². The van der Waals surface area contributed by atoms with Gasteiger partial charge in [-0.15, -0.1) is 0 Å². The number of nitrogens with one attached hydrogen (secondary N) is 1. The summed E-state index contributed by atoms with van der Waals surface area (Å²) in [5, 5.41) is 3.43. The van der Waals surface area contributed by atoms with E-state index >= 15 is 0 Å². The zero-order valence-electron chi connectivity index (χ0n) is 12.0. The smallest absolute Gasteiger partial charge is 0.0234 e. The highest BCUT2D eigenvalue weighted by molar-refractivity contribution is 5.63. The molecule has 1 saturated heterocycles. The van der Waals surface area contributed by atoms with E-state index in [9.17, 15) is 0 Å². The van der Waals surface area contributed by atoms with Crippen molar-refractivity contribution in [3.63, 3.8) is 0 Å². The summed E-state index contributed by atoms with van der Waals surface area (Å²) in [6, 6.07) is 20.2. The minimum absolute atomic E-state index is 0.684. The van der Waals surface area contributed by atoms with Crippen molar-refractivity contribution in [1.82, 2.24) is 10.2 Å². The van der Waals surface area contributed by atoms with E-state index in [1.54, 1.807) is 0 Å². The van der Waals surface area contributed by atoms with Gasteiger partial charge in [0.25, 0.3) is 0 Å². The molecule has 1 heterocycles. The molecule has 1 aliphatic rings. The third kappa shape index (κ3) is 3.09. The Morgan fingerprint density at radius 2 is 1.70 bits per heavy atom. The number of hydrogen-bond acceptors (Lipinski definition) is 2. The Morgan fingerprint density at radius 1 is 1.00 bits per heavy atom. The average molecular weight is 266 g/mol. The van der Waals surface area contributed by atoms with E-state index in [4.69, 9.17) is 0 Å². The third-order valence-electron chi connectivity index (χ3n) is 4.15. The van der Waals surface area contributed by atoms with Gasteiger partial charge in [0.1, 0.15) is 0 Å². The fourth-order valence-corrected chi connectivity index (χ4v) is 2.87. The van der Waals surface area contributed by atoms with Gasteiger partial charge in [0.15, 0.2) is 0 Å². The molecule has 2 heteroatoms. The van der Waals surface area contributed by atoms with Gasteiger partial charge in [-0.3, -0.25) is 4.90 Å². The van der Waals surface area contributed by atoms with Crippen LogP contribution in [0.4, 0.5) is 0 Å². The van der Waals surface area contributed by atoms with Crippen molar-refractivity contribution in [2.75, 3.05) is 20.1 Å². The summed E-state index contributed by atoms with van der Waals surface area (Å²) in [6.07, 6.45) is 1.26. The van der Waals surface area contributed by atoms with E-state index in [2.05, 4.69) is 71.9 Å². The zero-order chi connectivity index (χ0) is 13.8. The molecule has 0 aliphatic carbocycles. The minimum atomic E-state index is 0.684. The highest BCUT2D eigenvalue weighted by Crippen LogP contribution is 2.20. The molecule has 0 amide bonds. The number of nitrogens with zero attached hydrogens (tertiary/aromatic N) is 1. The normalized spacial score (nSPS) is 18.6. The lowest BCUT2D eigenvalue weighted by atomic mass is 10.0. The lowest BCUT2D eigenvalue weighted by Gasteiger charge is -2.23.